The molecule has 3 rings (SSSR count). The molecule has 1 aliphatic rings. The number of hydrogen-bond donors (Lipinski definition) is 1. The van der Waals surface area contributed by atoms with Crippen molar-refractivity contribution in [1.29, 1.82) is 0 Å². The van der Waals surface area contributed by atoms with Crippen molar-refractivity contribution in [3.8, 4) is 0 Å². The van der Waals surface area contributed by atoms with Gasteiger partial charge in [0.25, 0.3) is 5.91 Å². The monoisotopic (exact) mass is 386 g/mol. The van der Waals surface area contributed by atoms with Crippen molar-refractivity contribution in [2.75, 3.05) is 11.4 Å². The van der Waals surface area contributed by atoms with Crippen molar-refractivity contribution in [1.82, 2.24) is 5.32 Å². The number of aryl methyl sites for hydroxylation is 2. The van der Waals surface area contributed by atoms with Gasteiger partial charge in [0.15, 0.2) is 0 Å². The highest BCUT2D eigenvalue weighted by atomic mass is 79.9. The highest BCUT2D eigenvalue weighted by Crippen LogP contribution is 2.24. The maximum absolute atomic E-state index is 12.4. The number of rotatable bonds is 3. The van der Waals surface area contributed by atoms with Crippen LogP contribution in [0.25, 0.3) is 0 Å². The second-order valence-electron chi connectivity index (χ2n) is 6.13. The minimum absolute atomic E-state index is 0.0377. The summed E-state index contributed by atoms with van der Waals surface area (Å²) >= 11 is 3.38. The van der Waals surface area contributed by atoms with Gasteiger partial charge in [-0.15, -0.1) is 0 Å². The molecule has 0 radical (unpaired) electrons. The summed E-state index contributed by atoms with van der Waals surface area (Å²) in [5, 5.41) is 2.96. The third-order valence-electron chi connectivity index (χ3n) is 4.38. The van der Waals surface area contributed by atoms with Crippen LogP contribution in [-0.4, -0.2) is 24.4 Å². The van der Waals surface area contributed by atoms with Gasteiger partial charge in [-0.3, -0.25) is 9.59 Å². The van der Waals surface area contributed by atoms with Crippen molar-refractivity contribution in [2.45, 2.75) is 26.3 Å². The van der Waals surface area contributed by atoms with Gasteiger partial charge in [-0.1, -0.05) is 18.2 Å². The van der Waals surface area contributed by atoms with Gasteiger partial charge < -0.3 is 10.2 Å². The Bertz CT molecular complexity index is 804. The number of anilines is 1. The molecule has 1 aliphatic heterocycles. The summed E-state index contributed by atoms with van der Waals surface area (Å²) < 4.78 is 0.748. The Labute approximate surface area is 150 Å². The van der Waals surface area contributed by atoms with E-state index in [4.69, 9.17) is 0 Å². The quantitative estimate of drug-likeness (QED) is 0.875. The normalized spacial score (nSPS) is 17.2. The Balaban J connectivity index is 1.72. The van der Waals surface area contributed by atoms with E-state index >= 15 is 0 Å². The van der Waals surface area contributed by atoms with Crippen molar-refractivity contribution in [3.05, 3.63) is 63.6 Å². The molecule has 24 heavy (non-hydrogen) atoms. The third-order valence-corrected chi connectivity index (χ3v) is 5.07. The predicted octanol–water partition coefficient (Wildman–Crippen LogP) is 3.60. The molecule has 1 atom stereocenters. The van der Waals surface area contributed by atoms with Gasteiger partial charge in [0, 0.05) is 23.1 Å². The van der Waals surface area contributed by atoms with Crippen LogP contribution in [0.2, 0.25) is 0 Å². The SMILES string of the molecule is Cc1ccc(N2CC(NC(=O)c3ccccc3Br)CC2=O)cc1C. The van der Waals surface area contributed by atoms with Crippen molar-refractivity contribution in [3.63, 3.8) is 0 Å². The number of carbonyl (C=O) groups is 2. The fraction of sp³-hybridized carbons (Fsp3) is 0.263. The summed E-state index contributed by atoms with van der Waals surface area (Å²) in [5.41, 5.74) is 3.82. The number of halogens is 1. The molecule has 1 unspecified atom stereocenters. The highest BCUT2D eigenvalue weighted by Gasteiger charge is 2.32. The summed E-state index contributed by atoms with van der Waals surface area (Å²) in [6.45, 7) is 4.58. The van der Waals surface area contributed by atoms with Gasteiger partial charge in [-0.05, 0) is 65.2 Å². The number of carbonyl (C=O) groups excluding carboxylic acids is 2. The maximum atomic E-state index is 12.4. The summed E-state index contributed by atoms with van der Waals surface area (Å²) in [6.07, 6.45) is 0.323. The minimum atomic E-state index is -0.182. The van der Waals surface area contributed by atoms with E-state index in [1.165, 1.54) is 5.56 Å². The van der Waals surface area contributed by atoms with E-state index < -0.39 is 0 Å². The van der Waals surface area contributed by atoms with Crippen LogP contribution in [0.5, 0.6) is 0 Å². The van der Waals surface area contributed by atoms with Crippen molar-refractivity contribution < 1.29 is 9.59 Å². The number of nitrogens with one attached hydrogen (secondary N) is 1. The number of hydrogen-bond acceptors (Lipinski definition) is 2. The Morgan fingerprint density at radius 1 is 1.17 bits per heavy atom. The lowest BCUT2D eigenvalue weighted by atomic mass is 10.1. The zero-order chi connectivity index (χ0) is 17.3. The molecule has 2 aromatic carbocycles. The Morgan fingerprint density at radius 3 is 2.62 bits per heavy atom. The smallest absolute Gasteiger partial charge is 0.252 e. The molecule has 0 aliphatic carbocycles. The van der Waals surface area contributed by atoms with Crippen molar-refractivity contribution in [2.24, 2.45) is 0 Å². The zero-order valence-electron chi connectivity index (χ0n) is 13.7. The first-order valence-corrected chi connectivity index (χ1v) is 8.68. The van der Waals surface area contributed by atoms with E-state index in [2.05, 4.69) is 21.2 Å². The van der Waals surface area contributed by atoms with Gasteiger partial charge in [0.1, 0.15) is 0 Å². The maximum Gasteiger partial charge on any atom is 0.252 e. The van der Waals surface area contributed by atoms with Crippen LogP contribution in [0.15, 0.2) is 46.9 Å². The number of benzene rings is 2. The topological polar surface area (TPSA) is 49.4 Å². The molecular formula is C19H19BrN2O2. The van der Waals surface area contributed by atoms with E-state index in [0.29, 0.717) is 18.5 Å². The molecule has 1 fully saturated rings. The molecule has 124 valence electrons. The van der Waals surface area contributed by atoms with Crippen LogP contribution in [0, 0.1) is 13.8 Å². The average molecular weight is 387 g/mol. The van der Waals surface area contributed by atoms with Crippen LogP contribution in [-0.2, 0) is 4.79 Å². The van der Waals surface area contributed by atoms with Crippen LogP contribution >= 0.6 is 15.9 Å². The predicted molar refractivity (Wildman–Crippen MR) is 98.3 cm³/mol. The number of amides is 2. The summed E-state index contributed by atoms with van der Waals surface area (Å²) in [4.78, 5) is 26.5. The largest absolute Gasteiger partial charge is 0.347 e. The lowest BCUT2D eigenvalue weighted by molar-refractivity contribution is -0.117. The molecule has 2 aromatic rings. The second kappa shape index (κ2) is 6.77. The molecule has 0 aromatic heterocycles. The molecule has 4 nitrogen and oxygen atoms in total. The van der Waals surface area contributed by atoms with Gasteiger partial charge in [0.05, 0.1) is 11.6 Å². The summed E-state index contributed by atoms with van der Waals surface area (Å²) in [7, 11) is 0. The van der Waals surface area contributed by atoms with E-state index in [9.17, 15) is 9.59 Å². The van der Waals surface area contributed by atoms with E-state index in [0.717, 1.165) is 15.7 Å². The molecule has 1 N–H and O–H groups in total. The molecule has 5 heteroatoms. The van der Waals surface area contributed by atoms with Gasteiger partial charge in [-0.2, -0.15) is 0 Å². The molecule has 0 saturated carbocycles. The fourth-order valence-corrected chi connectivity index (χ4v) is 3.32. The van der Waals surface area contributed by atoms with E-state index in [1.54, 1.807) is 11.0 Å². The average Bonchev–Trinajstić information content (AvgIpc) is 2.91. The first kappa shape index (κ1) is 16.7. The van der Waals surface area contributed by atoms with Gasteiger partial charge in [-0.25, -0.2) is 0 Å². The van der Waals surface area contributed by atoms with E-state index in [1.807, 2.05) is 50.2 Å². The lowest BCUT2D eigenvalue weighted by Crippen LogP contribution is -2.37. The van der Waals surface area contributed by atoms with Crippen molar-refractivity contribution >= 4 is 33.4 Å². The molecule has 1 saturated heterocycles. The second-order valence-corrected chi connectivity index (χ2v) is 6.98. The fourth-order valence-electron chi connectivity index (χ4n) is 2.86. The molecule has 0 spiro atoms. The first-order valence-electron chi connectivity index (χ1n) is 7.88. The molecule has 0 bridgehead atoms. The summed E-state index contributed by atoms with van der Waals surface area (Å²) in [6, 6.07) is 13.1. The first-order chi connectivity index (χ1) is 11.5. The zero-order valence-corrected chi connectivity index (χ0v) is 15.3. The van der Waals surface area contributed by atoms with Gasteiger partial charge >= 0.3 is 0 Å². The Kier molecular flexibility index (Phi) is 4.71. The third kappa shape index (κ3) is 3.36. The Morgan fingerprint density at radius 2 is 1.92 bits per heavy atom. The van der Waals surface area contributed by atoms with E-state index in [-0.39, 0.29) is 17.9 Å². The van der Waals surface area contributed by atoms with Crippen LogP contribution in [0.3, 0.4) is 0 Å². The van der Waals surface area contributed by atoms with Crippen LogP contribution in [0.1, 0.15) is 27.9 Å². The minimum Gasteiger partial charge on any atom is -0.347 e. The standard InChI is InChI=1S/C19H19BrN2O2/c1-12-7-8-15(9-13(12)2)22-11-14(10-18(22)23)21-19(24)16-5-3-4-6-17(16)20/h3-9,14H,10-11H2,1-2H3,(H,21,24). The summed E-state index contributed by atoms with van der Waals surface area (Å²) in [5.74, 6) is -0.127. The molecule has 1 heterocycles. The number of nitrogens with zero attached hydrogens (tertiary/aromatic N) is 1. The highest BCUT2D eigenvalue weighted by molar-refractivity contribution is 9.10. The lowest BCUT2D eigenvalue weighted by Gasteiger charge is -2.18. The van der Waals surface area contributed by atoms with Crippen LogP contribution < -0.4 is 10.2 Å². The molecular weight excluding hydrogens is 368 g/mol. The van der Waals surface area contributed by atoms with Crippen LogP contribution in [0.4, 0.5) is 5.69 Å². The molecule has 2 amide bonds. The Hall–Kier alpha value is -2.14. The van der Waals surface area contributed by atoms with Gasteiger partial charge in [0.2, 0.25) is 5.91 Å².